The van der Waals surface area contributed by atoms with E-state index in [9.17, 15) is 0 Å². The third-order valence-corrected chi connectivity index (χ3v) is 7.24. The Kier molecular flexibility index (Phi) is 32.2. The van der Waals surface area contributed by atoms with Crippen LogP contribution in [0.3, 0.4) is 0 Å². The lowest BCUT2D eigenvalue weighted by molar-refractivity contribution is -0.366. The predicted octanol–water partition coefficient (Wildman–Crippen LogP) is -6.80. The van der Waals surface area contributed by atoms with Gasteiger partial charge in [-0.3, -0.25) is 16.8 Å². The second-order valence-electron chi connectivity index (χ2n) is 10.9. The Balaban J connectivity index is -0.000000175. The number of aromatic nitrogens is 8. The van der Waals surface area contributed by atoms with Crippen molar-refractivity contribution in [1.82, 2.24) is 19.9 Å². The van der Waals surface area contributed by atoms with Gasteiger partial charge in [0.05, 0.1) is 25.7 Å². The highest BCUT2D eigenvalue weighted by atomic mass is 32.3. The molecule has 0 aliphatic carbocycles. The van der Waals surface area contributed by atoms with Crippen LogP contribution in [0.15, 0.2) is 97.1 Å². The number of nitrogens with one attached hydrogen (secondary N) is 8. The van der Waals surface area contributed by atoms with Gasteiger partial charge in [-0.1, -0.05) is 48.5 Å². The molecule has 0 spiro atoms. The minimum absolute atomic E-state index is 0. The molecule has 4 aromatic heterocycles. The number of benzene rings is 4. The largest absolute Gasteiger partial charge is 0.759 e. The fourth-order valence-electron chi connectivity index (χ4n) is 5.23. The van der Waals surface area contributed by atoms with Gasteiger partial charge in [0.2, 0.25) is 0 Å². The third-order valence-electron chi connectivity index (χ3n) is 7.24. The Morgan fingerprint density at radius 2 is 0.483 bits per heavy atom. The smallest absolute Gasteiger partial charge is 0.253 e. The van der Waals surface area contributed by atoms with E-state index in [1.807, 2.05) is 48.5 Å². The van der Waals surface area contributed by atoms with Crippen molar-refractivity contribution in [2.45, 2.75) is 25.7 Å². The molecule has 0 amide bonds. The number of H-pyrrole nitrogens is 8. The van der Waals surface area contributed by atoms with Crippen LogP contribution >= 0.6 is 0 Å². The molecule has 28 N–H and O–H groups in total. The van der Waals surface area contributed by atoms with E-state index in [1.165, 1.54) is 0 Å². The molecule has 4 heterocycles. The molecule has 4 aromatic carbocycles. The van der Waals surface area contributed by atoms with Crippen LogP contribution in [0.5, 0.6) is 0 Å². The highest BCUT2D eigenvalue weighted by Crippen LogP contribution is 2.11. The maximum Gasteiger partial charge on any atom is 0.253 e. The van der Waals surface area contributed by atoms with E-state index >= 15 is 0 Å². The lowest BCUT2D eigenvalue weighted by Gasteiger charge is -2.06. The van der Waals surface area contributed by atoms with Gasteiger partial charge in [0.1, 0.15) is 0 Å². The molecule has 0 fully saturated rings. The van der Waals surface area contributed by atoms with Crippen LogP contribution in [0, 0.1) is 0 Å². The van der Waals surface area contributed by atoms with Gasteiger partial charge in [-0.25, -0.2) is 39.9 Å². The van der Waals surface area contributed by atoms with Gasteiger partial charge >= 0.3 is 0 Å². The molecule has 26 nitrogen and oxygen atoms in total. The van der Waals surface area contributed by atoms with Crippen LogP contribution in [-0.4, -0.2) is 110 Å². The first-order chi connectivity index (χ1) is 23.8. The van der Waals surface area contributed by atoms with Gasteiger partial charge < -0.3 is 73.0 Å². The van der Waals surface area contributed by atoms with Crippen molar-refractivity contribution in [2.24, 2.45) is 0 Å². The molecule has 0 saturated heterocycles. The second-order valence-corrected chi connectivity index (χ2v) is 12.5. The Morgan fingerprint density at radius 3 is 0.633 bits per heavy atom. The first-order valence-corrected chi connectivity index (χ1v) is 17.7. The Hall–Kier alpha value is -5.90. The Labute approximate surface area is 340 Å². The predicted molar refractivity (Wildman–Crippen MR) is 211 cm³/mol. The van der Waals surface area contributed by atoms with Crippen LogP contribution in [0.4, 0.5) is 0 Å². The van der Waals surface area contributed by atoms with Gasteiger partial charge in [0.15, 0.2) is 44.1 Å². The number of fused-ring (bicyclic) bond motifs is 4. The standard InChI is InChI=1S/2C16H14N4.2H2O4S.10H2O/c2*1-2-6-12-11(5-1)17-15(18-12)9-10-16-19-13-7-3-4-8-14(13)20-16;2*1-5(2,3)4;;;;;;;;;;/h2*1-8H,9-10H2,(H,17,18)(H,19,20);2*(H2,1,2,3,4);10*1H2. The molecular weight excluding hydrogens is 849 g/mol. The second kappa shape index (κ2) is 29.3. The van der Waals surface area contributed by atoms with E-state index in [-0.39, 0.29) is 54.8 Å². The molecule has 340 valence electrons. The Morgan fingerprint density at radius 1 is 0.333 bits per heavy atom. The molecular formula is C32H52N8O18S2. The number of aryl methyl sites for hydroxylation is 4. The van der Waals surface area contributed by atoms with Crippen LogP contribution in [0.25, 0.3) is 44.1 Å². The van der Waals surface area contributed by atoms with E-state index < -0.39 is 20.8 Å². The molecule has 0 unspecified atom stereocenters. The minimum atomic E-state index is -5.17. The molecule has 8 rings (SSSR count). The highest BCUT2D eigenvalue weighted by Gasteiger charge is 2.15. The monoisotopic (exact) mass is 900 g/mol. The lowest BCUT2D eigenvalue weighted by atomic mass is 10.3. The van der Waals surface area contributed by atoms with Crippen molar-refractivity contribution in [3.8, 4) is 0 Å². The summed E-state index contributed by atoms with van der Waals surface area (Å²) >= 11 is 0. The van der Waals surface area contributed by atoms with E-state index in [0.29, 0.717) is 0 Å². The fraction of sp³-hybridized carbons (Fsp3) is 0.125. The summed E-state index contributed by atoms with van der Waals surface area (Å²) < 4.78 is 68.2. The highest BCUT2D eigenvalue weighted by molar-refractivity contribution is 7.79. The van der Waals surface area contributed by atoms with Crippen molar-refractivity contribution < 1.29 is 110 Å². The van der Waals surface area contributed by atoms with Gasteiger partial charge in [0, 0.05) is 20.8 Å². The van der Waals surface area contributed by atoms with Gasteiger partial charge in [0.25, 0.3) is 23.3 Å². The number of para-hydroxylation sites is 8. The van der Waals surface area contributed by atoms with E-state index in [4.69, 9.17) is 35.0 Å². The summed E-state index contributed by atoms with van der Waals surface area (Å²) in [6, 6.07) is 33.1. The molecule has 0 bridgehead atoms. The summed E-state index contributed by atoms with van der Waals surface area (Å²) in [5.74, 6) is 4.60. The van der Waals surface area contributed by atoms with Crippen LogP contribution in [0.2, 0.25) is 0 Å². The summed E-state index contributed by atoms with van der Waals surface area (Å²) in [6.07, 6.45) is 3.77. The molecule has 0 aliphatic heterocycles. The van der Waals surface area contributed by atoms with E-state index in [2.05, 4.69) is 88.4 Å². The first-order valence-electron chi connectivity index (χ1n) is 15.1. The van der Waals surface area contributed by atoms with Gasteiger partial charge in [-0.2, -0.15) is 0 Å². The number of imidazole rings is 4. The summed E-state index contributed by atoms with van der Waals surface area (Å²) in [5, 5.41) is 0. The molecule has 0 radical (unpaired) electrons. The average Bonchev–Trinajstić information content (AvgIpc) is 3.84. The zero-order valence-electron chi connectivity index (χ0n) is 31.1. The Bertz CT molecular complexity index is 2110. The van der Waals surface area contributed by atoms with Crippen LogP contribution in [-0.2, 0) is 46.5 Å². The molecule has 8 aromatic rings. The van der Waals surface area contributed by atoms with Gasteiger partial charge in [-0.15, -0.1) is 0 Å². The van der Waals surface area contributed by atoms with Crippen molar-refractivity contribution in [3.63, 3.8) is 0 Å². The summed E-state index contributed by atoms with van der Waals surface area (Å²) in [5.41, 5.74) is 9.25. The van der Waals surface area contributed by atoms with Crippen LogP contribution < -0.4 is 19.9 Å². The maximum absolute atomic E-state index is 8.52. The zero-order chi connectivity index (χ0) is 35.7. The minimum Gasteiger partial charge on any atom is -0.759 e. The normalized spacial score (nSPS) is 9.53. The topological polar surface area (TPSA) is 595 Å². The van der Waals surface area contributed by atoms with Crippen molar-refractivity contribution >= 4 is 64.9 Å². The molecule has 0 aliphatic rings. The number of aromatic amines is 8. The SMILES string of the molecule is O.O.O.O.O.O.O.O.O.O.O=S(=O)([O-])[O-].O=S(=O)([O-])[O-].c1ccc2[nH+]c(CCc3[nH]c4ccccc4[nH+]3)[nH]c2c1.c1ccc2[nH+]c(CCc3[nH]c4ccccc4[nH+]3)[nH]c2c1. The summed E-state index contributed by atoms with van der Waals surface area (Å²) in [4.78, 5) is 27.3. The number of rotatable bonds is 6. The lowest BCUT2D eigenvalue weighted by Crippen LogP contribution is -2.13. The summed E-state index contributed by atoms with van der Waals surface area (Å²) in [6.45, 7) is 0. The third kappa shape index (κ3) is 21.2. The first kappa shape index (κ1) is 65.9. The molecule has 28 heteroatoms. The van der Waals surface area contributed by atoms with Gasteiger partial charge in [-0.05, 0) is 48.5 Å². The molecule has 0 saturated carbocycles. The molecule has 0 atom stereocenters. The molecule has 60 heavy (non-hydrogen) atoms. The number of hydrogen-bond acceptors (Lipinski definition) is 8. The number of hydrogen-bond donors (Lipinski definition) is 4. The fourth-order valence-corrected chi connectivity index (χ4v) is 5.23. The zero-order valence-corrected chi connectivity index (χ0v) is 32.8. The van der Waals surface area contributed by atoms with E-state index in [1.54, 1.807) is 0 Å². The summed E-state index contributed by atoms with van der Waals surface area (Å²) in [7, 11) is -10.3. The average molecular weight is 901 g/mol. The van der Waals surface area contributed by atoms with Crippen LogP contribution in [0.1, 0.15) is 23.3 Å². The van der Waals surface area contributed by atoms with Crippen molar-refractivity contribution in [3.05, 3.63) is 120 Å². The maximum atomic E-state index is 8.52. The van der Waals surface area contributed by atoms with E-state index in [0.717, 1.165) is 93.1 Å². The van der Waals surface area contributed by atoms with Crippen molar-refractivity contribution in [1.29, 1.82) is 0 Å². The quantitative estimate of drug-likeness (QED) is 0.0916. The van der Waals surface area contributed by atoms with Crippen molar-refractivity contribution in [2.75, 3.05) is 0 Å².